The molecule has 0 saturated heterocycles. The van der Waals surface area contributed by atoms with Crippen LogP contribution in [0.3, 0.4) is 0 Å². The number of halogens is 1. The molecule has 0 N–H and O–H groups in total. The summed E-state index contributed by atoms with van der Waals surface area (Å²) in [5.41, 5.74) is 2.10. The molecule has 1 aromatic heterocycles. The summed E-state index contributed by atoms with van der Waals surface area (Å²) in [6.07, 6.45) is 2.04. The molecule has 3 rings (SSSR count). The van der Waals surface area contributed by atoms with Gasteiger partial charge >= 0.3 is 0 Å². The topological polar surface area (TPSA) is 42.9 Å². The SMILES string of the molecule is CC(C)(Cc1ccc(F)cc1)C(=O)c1cnc2ccccc2n1. The number of Topliss-reactive ketones (excluding diaryl/α,β-unsaturated/α-hetero) is 1. The number of rotatable bonds is 4. The number of carbonyl (C=O) groups is 1. The lowest BCUT2D eigenvalue weighted by Crippen LogP contribution is -2.28. The van der Waals surface area contributed by atoms with Crippen LogP contribution in [-0.4, -0.2) is 15.8 Å². The highest BCUT2D eigenvalue weighted by atomic mass is 19.1. The fourth-order valence-corrected chi connectivity index (χ4v) is 2.61. The molecule has 3 nitrogen and oxygen atoms in total. The lowest BCUT2D eigenvalue weighted by molar-refractivity contribution is 0.0832. The quantitative estimate of drug-likeness (QED) is 0.678. The summed E-state index contributed by atoms with van der Waals surface area (Å²) in [5, 5.41) is 0. The van der Waals surface area contributed by atoms with E-state index in [4.69, 9.17) is 0 Å². The molecule has 3 aromatic rings. The lowest BCUT2D eigenvalue weighted by Gasteiger charge is -2.22. The van der Waals surface area contributed by atoms with Crippen molar-refractivity contribution in [3.8, 4) is 0 Å². The number of benzene rings is 2. The van der Waals surface area contributed by atoms with E-state index in [1.54, 1.807) is 12.1 Å². The van der Waals surface area contributed by atoms with Crippen LogP contribution in [0.5, 0.6) is 0 Å². The average Bonchev–Trinajstić information content (AvgIpc) is 2.55. The van der Waals surface area contributed by atoms with Crippen LogP contribution in [0.2, 0.25) is 0 Å². The maximum atomic E-state index is 13.0. The summed E-state index contributed by atoms with van der Waals surface area (Å²) in [7, 11) is 0. The Hall–Kier alpha value is -2.62. The van der Waals surface area contributed by atoms with Crippen LogP contribution >= 0.6 is 0 Å². The molecule has 0 amide bonds. The van der Waals surface area contributed by atoms with Crippen molar-refractivity contribution in [2.75, 3.05) is 0 Å². The Morgan fingerprint density at radius 2 is 1.70 bits per heavy atom. The van der Waals surface area contributed by atoms with E-state index in [1.165, 1.54) is 18.3 Å². The molecule has 0 saturated carbocycles. The third kappa shape index (κ3) is 3.26. The zero-order valence-electron chi connectivity index (χ0n) is 13.1. The van der Waals surface area contributed by atoms with Crippen LogP contribution in [0.1, 0.15) is 29.9 Å². The van der Waals surface area contributed by atoms with E-state index in [1.807, 2.05) is 38.1 Å². The number of hydrogen-bond donors (Lipinski definition) is 0. The van der Waals surface area contributed by atoms with Crippen molar-refractivity contribution in [2.24, 2.45) is 5.41 Å². The van der Waals surface area contributed by atoms with E-state index in [0.29, 0.717) is 17.6 Å². The average molecular weight is 308 g/mol. The fourth-order valence-electron chi connectivity index (χ4n) is 2.61. The van der Waals surface area contributed by atoms with Gasteiger partial charge < -0.3 is 0 Å². The minimum absolute atomic E-state index is 0.0694. The van der Waals surface area contributed by atoms with Crippen LogP contribution < -0.4 is 0 Å². The van der Waals surface area contributed by atoms with E-state index in [0.717, 1.165) is 11.1 Å². The predicted octanol–water partition coefficient (Wildman–Crippen LogP) is 4.22. The Bertz CT molecular complexity index is 857. The van der Waals surface area contributed by atoms with Gasteiger partial charge in [0.25, 0.3) is 0 Å². The second kappa shape index (κ2) is 5.88. The summed E-state index contributed by atoms with van der Waals surface area (Å²) in [6, 6.07) is 13.7. The molecule has 0 spiro atoms. The molecule has 0 aliphatic heterocycles. The minimum atomic E-state index is -0.644. The monoisotopic (exact) mass is 308 g/mol. The highest BCUT2D eigenvalue weighted by molar-refractivity contribution is 5.99. The van der Waals surface area contributed by atoms with Crippen molar-refractivity contribution in [1.29, 1.82) is 0 Å². The molecule has 1 heterocycles. The molecule has 0 unspecified atom stereocenters. The molecular formula is C19H17FN2O. The smallest absolute Gasteiger partial charge is 0.188 e. The number of ketones is 1. The fraction of sp³-hybridized carbons (Fsp3) is 0.211. The molecule has 116 valence electrons. The normalized spacial score (nSPS) is 11.6. The summed E-state index contributed by atoms with van der Waals surface area (Å²) in [6.45, 7) is 3.74. The van der Waals surface area contributed by atoms with Gasteiger partial charge in [0.2, 0.25) is 0 Å². The second-order valence-electron chi connectivity index (χ2n) is 6.26. The van der Waals surface area contributed by atoms with Gasteiger partial charge in [0.05, 0.1) is 17.2 Å². The summed E-state index contributed by atoms with van der Waals surface area (Å²) >= 11 is 0. The van der Waals surface area contributed by atoms with Gasteiger partial charge in [-0.05, 0) is 36.2 Å². The number of aromatic nitrogens is 2. The van der Waals surface area contributed by atoms with Gasteiger partial charge in [0.15, 0.2) is 5.78 Å². The summed E-state index contributed by atoms with van der Waals surface area (Å²) in [4.78, 5) is 21.5. The molecule has 0 aliphatic rings. The molecule has 23 heavy (non-hydrogen) atoms. The standard InChI is InChI=1S/C19H17FN2O/c1-19(2,11-13-7-9-14(20)10-8-13)18(23)17-12-21-15-5-3-4-6-16(15)22-17/h3-10,12H,11H2,1-2H3. The van der Waals surface area contributed by atoms with Crippen molar-refractivity contribution in [1.82, 2.24) is 9.97 Å². The maximum Gasteiger partial charge on any atom is 0.188 e. The van der Waals surface area contributed by atoms with Crippen molar-refractivity contribution < 1.29 is 9.18 Å². The Labute approximate surface area is 134 Å². The summed E-state index contributed by atoms with van der Waals surface area (Å²) in [5.74, 6) is -0.349. The Kier molecular flexibility index (Phi) is 3.90. The van der Waals surface area contributed by atoms with Gasteiger partial charge in [-0.1, -0.05) is 38.1 Å². The lowest BCUT2D eigenvalue weighted by atomic mass is 9.80. The summed E-state index contributed by atoms with van der Waals surface area (Å²) < 4.78 is 13.0. The van der Waals surface area contributed by atoms with Gasteiger partial charge in [-0.3, -0.25) is 9.78 Å². The molecule has 0 radical (unpaired) electrons. The molecule has 0 bridgehead atoms. The van der Waals surface area contributed by atoms with Crippen LogP contribution in [-0.2, 0) is 6.42 Å². The van der Waals surface area contributed by atoms with Gasteiger partial charge in [0.1, 0.15) is 11.5 Å². The van der Waals surface area contributed by atoms with Crippen molar-refractivity contribution >= 4 is 16.8 Å². The van der Waals surface area contributed by atoms with Gasteiger partial charge in [-0.25, -0.2) is 9.37 Å². The first kappa shape index (κ1) is 15.3. The number of fused-ring (bicyclic) bond motifs is 1. The molecule has 2 aromatic carbocycles. The Morgan fingerprint density at radius 1 is 1.04 bits per heavy atom. The van der Waals surface area contributed by atoms with E-state index in [-0.39, 0.29) is 11.6 Å². The van der Waals surface area contributed by atoms with E-state index >= 15 is 0 Å². The van der Waals surface area contributed by atoms with Crippen molar-refractivity contribution in [3.05, 3.63) is 71.8 Å². The van der Waals surface area contributed by atoms with Crippen molar-refractivity contribution in [3.63, 3.8) is 0 Å². The first-order valence-corrected chi connectivity index (χ1v) is 7.47. The minimum Gasteiger partial charge on any atom is -0.292 e. The third-order valence-electron chi connectivity index (χ3n) is 3.86. The highest BCUT2D eigenvalue weighted by Crippen LogP contribution is 2.26. The maximum absolute atomic E-state index is 13.0. The second-order valence-corrected chi connectivity index (χ2v) is 6.26. The highest BCUT2D eigenvalue weighted by Gasteiger charge is 2.30. The first-order valence-electron chi connectivity index (χ1n) is 7.47. The molecule has 0 atom stereocenters. The number of para-hydroxylation sites is 2. The van der Waals surface area contributed by atoms with E-state index in [2.05, 4.69) is 9.97 Å². The molecule has 0 aliphatic carbocycles. The first-order chi connectivity index (χ1) is 11.0. The van der Waals surface area contributed by atoms with Gasteiger partial charge in [-0.15, -0.1) is 0 Å². The van der Waals surface area contributed by atoms with Crippen LogP contribution in [0.25, 0.3) is 11.0 Å². The van der Waals surface area contributed by atoms with E-state index in [9.17, 15) is 9.18 Å². The molecule has 0 fully saturated rings. The Morgan fingerprint density at radius 3 is 2.39 bits per heavy atom. The van der Waals surface area contributed by atoms with Crippen LogP contribution in [0.15, 0.2) is 54.7 Å². The largest absolute Gasteiger partial charge is 0.292 e. The zero-order valence-corrected chi connectivity index (χ0v) is 13.1. The Balaban J connectivity index is 1.88. The number of carbonyl (C=O) groups excluding carboxylic acids is 1. The number of hydrogen-bond acceptors (Lipinski definition) is 3. The van der Waals surface area contributed by atoms with Crippen LogP contribution in [0, 0.1) is 11.2 Å². The van der Waals surface area contributed by atoms with Gasteiger partial charge in [-0.2, -0.15) is 0 Å². The third-order valence-corrected chi connectivity index (χ3v) is 3.86. The van der Waals surface area contributed by atoms with Crippen molar-refractivity contribution in [2.45, 2.75) is 20.3 Å². The molecular weight excluding hydrogens is 291 g/mol. The van der Waals surface area contributed by atoms with E-state index < -0.39 is 5.41 Å². The zero-order chi connectivity index (χ0) is 16.4. The number of nitrogens with zero attached hydrogens (tertiary/aromatic N) is 2. The predicted molar refractivity (Wildman–Crippen MR) is 87.8 cm³/mol. The van der Waals surface area contributed by atoms with Gasteiger partial charge in [0, 0.05) is 5.41 Å². The van der Waals surface area contributed by atoms with Crippen LogP contribution in [0.4, 0.5) is 4.39 Å². The molecule has 4 heteroatoms.